The van der Waals surface area contributed by atoms with Crippen LogP contribution >= 0.6 is 11.3 Å². The van der Waals surface area contributed by atoms with Crippen LogP contribution < -0.4 is 10.5 Å². The number of nitrogens with two attached hydrogens (primary N) is 1. The highest BCUT2D eigenvalue weighted by molar-refractivity contribution is 7.10. The second-order valence-corrected chi connectivity index (χ2v) is 5.65. The van der Waals surface area contributed by atoms with Gasteiger partial charge in [0, 0.05) is 18.0 Å². The summed E-state index contributed by atoms with van der Waals surface area (Å²) in [5.74, 6) is 0.897. The molecule has 2 rings (SSSR count). The van der Waals surface area contributed by atoms with E-state index < -0.39 is 0 Å². The Hall–Kier alpha value is -1.36. The molecule has 4 heteroatoms. The molecule has 1 aromatic carbocycles. The van der Waals surface area contributed by atoms with Crippen molar-refractivity contribution in [3.8, 4) is 5.75 Å². The van der Waals surface area contributed by atoms with Crippen molar-refractivity contribution in [1.29, 1.82) is 0 Å². The molecule has 0 aliphatic rings. The van der Waals surface area contributed by atoms with Crippen LogP contribution in [0.5, 0.6) is 5.75 Å². The molecule has 2 aromatic rings. The van der Waals surface area contributed by atoms with Gasteiger partial charge < -0.3 is 15.4 Å². The smallest absolute Gasteiger partial charge is 0.119 e. The number of nitrogens with zero attached hydrogens (tertiary/aromatic N) is 1. The second-order valence-electron chi connectivity index (χ2n) is 4.67. The van der Waals surface area contributed by atoms with Crippen molar-refractivity contribution in [3.05, 3.63) is 52.2 Å². The lowest BCUT2D eigenvalue weighted by atomic mass is 10.2. The Labute approximate surface area is 118 Å². The zero-order valence-electron chi connectivity index (χ0n) is 11.4. The Balaban J connectivity index is 1.91. The molecule has 0 saturated heterocycles. The number of hydrogen-bond donors (Lipinski definition) is 1. The number of benzene rings is 1. The molecule has 1 aromatic heterocycles. The van der Waals surface area contributed by atoms with Crippen LogP contribution in [0.4, 0.5) is 0 Å². The largest absolute Gasteiger partial charge is 0.497 e. The van der Waals surface area contributed by atoms with E-state index in [4.69, 9.17) is 10.5 Å². The first kappa shape index (κ1) is 14.1. The summed E-state index contributed by atoms with van der Waals surface area (Å²) < 4.78 is 5.23. The first-order valence-corrected chi connectivity index (χ1v) is 7.17. The molecule has 0 aliphatic carbocycles. The summed E-state index contributed by atoms with van der Waals surface area (Å²) in [5, 5.41) is 2.07. The highest BCUT2D eigenvalue weighted by Crippen LogP contribution is 2.19. The first-order chi connectivity index (χ1) is 9.19. The molecular weight excluding hydrogens is 256 g/mol. The van der Waals surface area contributed by atoms with E-state index in [1.54, 1.807) is 18.4 Å². The third kappa shape index (κ3) is 4.06. The summed E-state index contributed by atoms with van der Waals surface area (Å²) in [7, 11) is 3.78. The number of hydrogen-bond acceptors (Lipinski definition) is 4. The molecule has 0 radical (unpaired) electrons. The Kier molecular flexibility index (Phi) is 4.96. The second kappa shape index (κ2) is 6.70. The van der Waals surface area contributed by atoms with Crippen molar-refractivity contribution in [3.63, 3.8) is 0 Å². The average molecular weight is 276 g/mol. The number of thiophene rings is 1. The van der Waals surface area contributed by atoms with Gasteiger partial charge in [-0.1, -0.05) is 18.2 Å². The predicted octanol–water partition coefficient (Wildman–Crippen LogP) is 2.89. The molecule has 1 atom stereocenters. The van der Waals surface area contributed by atoms with Gasteiger partial charge in [-0.05, 0) is 36.2 Å². The fourth-order valence-electron chi connectivity index (χ4n) is 2.08. The Bertz CT molecular complexity index is 499. The fourth-order valence-corrected chi connectivity index (χ4v) is 2.80. The van der Waals surface area contributed by atoms with Crippen LogP contribution in [-0.2, 0) is 6.54 Å². The zero-order chi connectivity index (χ0) is 13.7. The van der Waals surface area contributed by atoms with E-state index in [2.05, 4.69) is 35.5 Å². The average Bonchev–Trinajstić information content (AvgIpc) is 2.92. The summed E-state index contributed by atoms with van der Waals surface area (Å²) in [6.45, 7) is 1.72. The van der Waals surface area contributed by atoms with Gasteiger partial charge >= 0.3 is 0 Å². The summed E-state index contributed by atoms with van der Waals surface area (Å²) >= 11 is 1.71. The minimum Gasteiger partial charge on any atom is -0.497 e. The lowest BCUT2D eigenvalue weighted by Gasteiger charge is -2.20. The van der Waals surface area contributed by atoms with E-state index in [1.807, 2.05) is 18.2 Å². The van der Waals surface area contributed by atoms with Gasteiger partial charge in [-0.3, -0.25) is 0 Å². The molecule has 0 spiro atoms. The van der Waals surface area contributed by atoms with Crippen LogP contribution in [0, 0.1) is 0 Å². The number of ether oxygens (including phenoxy) is 1. The predicted molar refractivity (Wildman–Crippen MR) is 80.6 cm³/mol. The molecule has 0 amide bonds. The van der Waals surface area contributed by atoms with E-state index in [1.165, 1.54) is 10.4 Å². The molecule has 0 fully saturated rings. The molecule has 1 heterocycles. The quantitative estimate of drug-likeness (QED) is 0.881. The van der Waals surface area contributed by atoms with Crippen LogP contribution in [-0.4, -0.2) is 25.6 Å². The van der Waals surface area contributed by atoms with Crippen LogP contribution in [0.3, 0.4) is 0 Å². The molecule has 3 nitrogen and oxygen atoms in total. The van der Waals surface area contributed by atoms with Gasteiger partial charge in [-0.25, -0.2) is 0 Å². The number of likely N-dealkylation sites (N-methyl/N-ethyl adjacent to an activating group) is 1. The first-order valence-electron chi connectivity index (χ1n) is 6.29. The molecule has 102 valence electrons. The summed E-state index contributed by atoms with van der Waals surface area (Å²) in [4.78, 5) is 3.47. The third-order valence-electron chi connectivity index (χ3n) is 3.00. The zero-order valence-corrected chi connectivity index (χ0v) is 12.2. The minimum atomic E-state index is 0.0793. The maximum atomic E-state index is 6.19. The SMILES string of the molecule is COc1cccc(CN(C)CC(N)c2cccs2)c1. The van der Waals surface area contributed by atoms with E-state index in [-0.39, 0.29) is 6.04 Å². The van der Waals surface area contributed by atoms with Gasteiger partial charge in [0.2, 0.25) is 0 Å². The van der Waals surface area contributed by atoms with Crippen LogP contribution in [0.25, 0.3) is 0 Å². The molecule has 1 unspecified atom stereocenters. The third-order valence-corrected chi connectivity index (χ3v) is 4.01. The Morgan fingerprint density at radius 2 is 2.16 bits per heavy atom. The normalized spacial score (nSPS) is 12.6. The number of rotatable bonds is 6. The Morgan fingerprint density at radius 1 is 1.32 bits per heavy atom. The van der Waals surface area contributed by atoms with Crippen molar-refractivity contribution in [2.45, 2.75) is 12.6 Å². The van der Waals surface area contributed by atoms with Crippen molar-refractivity contribution in [2.24, 2.45) is 5.73 Å². The minimum absolute atomic E-state index is 0.0793. The van der Waals surface area contributed by atoms with Crippen molar-refractivity contribution in [2.75, 3.05) is 20.7 Å². The highest BCUT2D eigenvalue weighted by atomic mass is 32.1. The lowest BCUT2D eigenvalue weighted by molar-refractivity contribution is 0.306. The maximum absolute atomic E-state index is 6.19. The summed E-state index contributed by atoms with van der Waals surface area (Å²) in [6.07, 6.45) is 0. The summed E-state index contributed by atoms with van der Waals surface area (Å²) in [6, 6.07) is 12.4. The van der Waals surface area contributed by atoms with Gasteiger partial charge in [0.1, 0.15) is 5.75 Å². The number of methoxy groups -OCH3 is 1. The fraction of sp³-hybridized carbons (Fsp3) is 0.333. The summed E-state index contributed by atoms with van der Waals surface area (Å²) in [5.41, 5.74) is 7.43. The van der Waals surface area contributed by atoms with Crippen LogP contribution in [0.15, 0.2) is 41.8 Å². The maximum Gasteiger partial charge on any atom is 0.119 e. The van der Waals surface area contributed by atoms with Crippen LogP contribution in [0.1, 0.15) is 16.5 Å². The molecule has 0 aliphatic heterocycles. The van der Waals surface area contributed by atoms with Gasteiger partial charge in [0.05, 0.1) is 13.2 Å². The van der Waals surface area contributed by atoms with E-state index in [0.29, 0.717) is 0 Å². The molecular formula is C15H20N2OS. The van der Waals surface area contributed by atoms with Gasteiger partial charge in [-0.15, -0.1) is 11.3 Å². The van der Waals surface area contributed by atoms with E-state index in [0.717, 1.165) is 18.8 Å². The highest BCUT2D eigenvalue weighted by Gasteiger charge is 2.10. The molecule has 0 bridgehead atoms. The van der Waals surface area contributed by atoms with Gasteiger partial charge in [0.25, 0.3) is 0 Å². The Morgan fingerprint density at radius 3 is 2.84 bits per heavy atom. The topological polar surface area (TPSA) is 38.5 Å². The van der Waals surface area contributed by atoms with Crippen molar-refractivity contribution < 1.29 is 4.74 Å². The van der Waals surface area contributed by atoms with E-state index in [9.17, 15) is 0 Å². The van der Waals surface area contributed by atoms with Gasteiger partial charge in [0.15, 0.2) is 0 Å². The molecule has 2 N–H and O–H groups in total. The van der Waals surface area contributed by atoms with Crippen LogP contribution in [0.2, 0.25) is 0 Å². The molecule has 19 heavy (non-hydrogen) atoms. The van der Waals surface area contributed by atoms with Crippen molar-refractivity contribution in [1.82, 2.24) is 4.90 Å². The van der Waals surface area contributed by atoms with Gasteiger partial charge in [-0.2, -0.15) is 0 Å². The standard InChI is InChI=1S/C15H20N2OS/c1-17(11-14(16)15-7-4-8-19-15)10-12-5-3-6-13(9-12)18-2/h3-9,14H,10-11,16H2,1-2H3. The monoisotopic (exact) mass is 276 g/mol. The van der Waals surface area contributed by atoms with Crippen molar-refractivity contribution >= 4 is 11.3 Å². The lowest BCUT2D eigenvalue weighted by Crippen LogP contribution is -2.28. The molecule has 0 saturated carbocycles. The van der Waals surface area contributed by atoms with E-state index >= 15 is 0 Å².